The Morgan fingerprint density at radius 3 is 2.60 bits per heavy atom. The van der Waals surface area contributed by atoms with Gasteiger partial charge in [0.2, 0.25) is 0 Å². The predicted octanol–water partition coefficient (Wildman–Crippen LogP) is 2.08. The quantitative estimate of drug-likeness (QED) is 0.0615. The summed E-state index contributed by atoms with van der Waals surface area (Å²) in [6.45, 7) is -1.06. The number of esters is 1. The van der Waals surface area contributed by atoms with Gasteiger partial charge in [0.15, 0.2) is 11.5 Å². The molecule has 6 N–H and O–H groups in total. The molecule has 4 rings (SSSR count). The number of nitrogen functional groups attached to an aromatic ring is 1. The zero-order chi connectivity index (χ0) is 30.7. The number of anilines is 1. The van der Waals surface area contributed by atoms with Gasteiger partial charge in [0.05, 0.1) is 25.0 Å². The van der Waals surface area contributed by atoms with Crippen LogP contribution in [-0.4, -0.2) is 63.9 Å². The molecule has 1 saturated heterocycles. The van der Waals surface area contributed by atoms with E-state index in [2.05, 4.69) is 33.6 Å². The number of ether oxygens (including phenoxy) is 2. The van der Waals surface area contributed by atoms with Gasteiger partial charge in [0.1, 0.15) is 30.3 Å². The molecule has 1 aliphatic heterocycles. The van der Waals surface area contributed by atoms with Gasteiger partial charge in [-0.2, -0.15) is 8.62 Å². The van der Waals surface area contributed by atoms with Crippen LogP contribution in [0.15, 0.2) is 42.0 Å². The van der Waals surface area contributed by atoms with Crippen molar-refractivity contribution in [2.24, 2.45) is 5.11 Å². The lowest BCUT2D eigenvalue weighted by Crippen LogP contribution is -2.31. The predicted molar refractivity (Wildman–Crippen MR) is 137 cm³/mol. The van der Waals surface area contributed by atoms with Gasteiger partial charge in [0.25, 0.3) is 0 Å². The summed E-state index contributed by atoms with van der Waals surface area (Å²) in [5, 5.41) is 3.44. The largest absolute Gasteiger partial charge is 0.490 e. The molecule has 2 unspecified atom stereocenters. The number of azide groups is 1. The Kier molecular flexibility index (Phi) is 9.44. The molecule has 0 amide bonds. The molecule has 226 valence electrons. The highest BCUT2D eigenvalue weighted by atomic mass is 31.3. The van der Waals surface area contributed by atoms with E-state index in [0.29, 0.717) is 5.56 Å². The number of nitrogens with zero attached hydrogens (tertiary/aromatic N) is 7. The van der Waals surface area contributed by atoms with Gasteiger partial charge in [-0.25, -0.2) is 33.4 Å². The molecule has 1 aliphatic rings. The van der Waals surface area contributed by atoms with Gasteiger partial charge in [-0.3, -0.25) is 9.09 Å². The second-order valence-corrected chi connectivity index (χ2v) is 12.7. The number of nitrogens with two attached hydrogens (primary N) is 1. The average molecular weight is 650 g/mol. The molecule has 5 atom stereocenters. The van der Waals surface area contributed by atoms with E-state index in [1.165, 1.54) is 29.4 Å². The lowest BCUT2D eigenvalue weighted by molar-refractivity contribution is -0.0490. The van der Waals surface area contributed by atoms with Crippen molar-refractivity contribution in [2.45, 2.75) is 31.4 Å². The number of carbonyl (C=O) groups is 1. The number of imidazole rings is 1. The molecule has 1 fully saturated rings. The molecule has 2 aromatic heterocycles. The van der Waals surface area contributed by atoms with Gasteiger partial charge in [-0.1, -0.05) is 23.3 Å². The van der Waals surface area contributed by atoms with Crippen LogP contribution in [0.5, 0.6) is 0 Å². The van der Waals surface area contributed by atoms with E-state index in [-0.39, 0.29) is 35.5 Å². The van der Waals surface area contributed by atoms with E-state index in [4.69, 9.17) is 35.0 Å². The van der Waals surface area contributed by atoms with E-state index in [9.17, 15) is 28.3 Å². The minimum absolute atomic E-state index is 0.0496. The van der Waals surface area contributed by atoms with Crippen LogP contribution >= 0.6 is 23.5 Å². The van der Waals surface area contributed by atoms with Crippen LogP contribution in [0.25, 0.3) is 21.6 Å². The summed E-state index contributed by atoms with van der Waals surface area (Å²) in [6.07, 6.45) is -1.09. The number of hydrogen-bond acceptors (Lipinski definition) is 14. The standard InChI is InChI=1S/C18H21N8O13P3/c19-16-15-17(22-8-21-16)26(9-23-15)14-5-12(37-18(27)11-4-2-1-3-10(11)6-24-25-20)13(36-14)7-35-41(31,32)39-42(33,34)38-40(28,29)30/h1-4,8-9,12-14H,5-7H2,(H,31,32)(H,33,34)(H2,19,21,22)(H2,28,29,30)/t12-,13-,14-/m1/s1. The minimum Gasteiger partial charge on any atom is -0.456 e. The van der Waals surface area contributed by atoms with Crippen LogP contribution in [0.2, 0.25) is 0 Å². The second-order valence-electron chi connectivity index (χ2n) is 8.32. The Morgan fingerprint density at radius 1 is 1.14 bits per heavy atom. The summed E-state index contributed by atoms with van der Waals surface area (Å²) in [7, 11) is -16.9. The van der Waals surface area contributed by atoms with E-state index < -0.39 is 54.5 Å². The first-order chi connectivity index (χ1) is 19.7. The summed E-state index contributed by atoms with van der Waals surface area (Å²) < 4.78 is 59.9. The highest BCUT2D eigenvalue weighted by Crippen LogP contribution is 2.66. The average Bonchev–Trinajstić information content (AvgIpc) is 3.49. The van der Waals surface area contributed by atoms with E-state index in [1.54, 1.807) is 12.1 Å². The highest BCUT2D eigenvalue weighted by Gasteiger charge is 2.44. The van der Waals surface area contributed by atoms with Gasteiger partial charge in [-0.15, -0.1) is 0 Å². The molecule has 3 heterocycles. The van der Waals surface area contributed by atoms with Gasteiger partial charge in [0, 0.05) is 11.3 Å². The summed E-state index contributed by atoms with van der Waals surface area (Å²) >= 11 is 0. The van der Waals surface area contributed by atoms with Crippen molar-refractivity contribution in [3.8, 4) is 0 Å². The van der Waals surface area contributed by atoms with Crippen LogP contribution in [0.4, 0.5) is 5.82 Å². The molecular formula is C18H21N8O13P3. The lowest BCUT2D eigenvalue weighted by atomic mass is 10.1. The molecule has 21 nitrogen and oxygen atoms in total. The van der Waals surface area contributed by atoms with Crippen molar-refractivity contribution in [1.29, 1.82) is 0 Å². The summed E-state index contributed by atoms with van der Waals surface area (Å²) in [4.78, 5) is 64.5. The first kappa shape index (κ1) is 31.7. The minimum atomic E-state index is -5.77. The molecule has 0 bridgehead atoms. The molecule has 0 saturated carbocycles. The lowest BCUT2D eigenvalue weighted by Gasteiger charge is -2.21. The number of phosphoric acid groups is 3. The fourth-order valence-corrected chi connectivity index (χ4v) is 6.89. The zero-order valence-electron chi connectivity index (χ0n) is 20.8. The fraction of sp³-hybridized carbons (Fsp3) is 0.333. The first-order valence-electron chi connectivity index (χ1n) is 11.3. The second kappa shape index (κ2) is 12.5. The van der Waals surface area contributed by atoms with Crippen molar-refractivity contribution in [3.05, 3.63) is 58.5 Å². The zero-order valence-corrected chi connectivity index (χ0v) is 23.5. The Labute approximate surface area is 234 Å². The number of phosphoric ester groups is 1. The van der Waals surface area contributed by atoms with Crippen molar-refractivity contribution >= 4 is 46.4 Å². The molecular weight excluding hydrogens is 629 g/mol. The van der Waals surface area contributed by atoms with E-state index in [0.717, 1.165) is 0 Å². The fourth-order valence-electron chi connectivity index (χ4n) is 3.86. The normalized spacial score (nSPS) is 21.8. The van der Waals surface area contributed by atoms with Crippen LogP contribution in [-0.2, 0) is 42.9 Å². The van der Waals surface area contributed by atoms with Gasteiger partial charge < -0.3 is 34.8 Å². The third-order valence-corrected chi connectivity index (χ3v) is 9.30. The van der Waals surface area contributed by atoms with Crippen molar-refractivity contribution in [2.75, 3.05) is 12.3 Å². The molecule has 0 aliphatic carbocycles. The molecule has 1 aromatic carbocycles. The smallest absolute Gasteiger partial charge is 0.456 e. The number of fused-ring (bicyclic) bond motifs is 1. The summed E-state index contributed by atoms with van der Waals surface area (Å²) in [5.74, 6) is -0.807. The topological polar surface area (TPSA) is 314 Å². The van der Waals surface area contributed by atoms with Gasteiger partial charge in [-0.05, 0) is 17.2 Å². The van der Waals surface area contributed by atoms with Crippen LogP contribution in [0.3, 0.4) is 0 Å². The molecule has 3 aromatic rings. The number of carbonyl (C=O) groups excluding carboxylic acids is 1. The number of hydrogen-bond donors (Lipinski definition) is 5. The van der Waals surface area contributed by atoms with E-state index in [1.807, 2.05) is 0 Å². The first-order valence-corrected chi connectivity index (χ1v) is 15.9. The summed E-state index contributed by atoms with van der Waals surface area (Å²) in [6, 6.07) is 6.10. The Bertz CT molecular complexity index is 1670. The van der Waals surface area contributed by atoms with Crippen LogP contribution in [0, 0.1) is 0 Å². The molecule has 24 heteroatoms. The van der Waals surface area contributed by atoms with E-state index >= 15 is 0 Å². The van der Waals surface area contributed by atoms with Gasteiger partial charge >= 0.3 is 29.4 Å². The Morgan fingerprint density at radius 2 is 1.88 bits per heavy atom. The van der Waals surface area contributed by atoms with Crippen LogP contribution in [0.1, 0.15) is 28.6 Å². The number of aromatic nitrogens is 4. The maximum Gasteiger partial charge on any atom is 0.490 e. The monoisotopic (exact) mass is 650 g/mol. The molecule has 42 heavy (non-hydrogen) atoms. The number of rotatable bonds is 12. The maximum atomic E-state index is 13.1. The SMILES string of the molecule is [N-]=[N+]=NCc1ccccc1C(=O)O[C@@H]1C[C@H](n2cnc3c(N)ncnc32)O[C@@H]1COP(=O)(O)OP(=O)(O)OP(=O)(O)O. The van der Waals surface area contributed by atoms with Crippen molar-refractivity contribution < 1.29 is 60.7 Å². The number of benzene rings is 1. The third kappa shape index (κ3) is 7.96. The van der Waals surface area contributed by atoms with Crippen molar-refractivity contribution in [1.82, 2.24) is 19.5 Å². The summed E-state index contributed by atoms with van der Waals surface area (Å²) in [5.41, 5.74) is 15.3. The Balaban J connectivity index is 1.57. The molecule has 0 radical (unpaired) electrons. The van der Waals surface area contributed by atoms with Crippen LogP contribution < -0.4 is 5.73 Å². The Hall–Kier alpha value is -3.28. The highest BCUT2D eigenvalue weighted by molar-refractivity contribution is 7.66. The van der Waals surface area contributed by atoms with Crippen molar-refractivity contribution in [3.63, 3.8) is 0 Å². The maximum absolute atomic E-state index is 13.1. The molecule has 0 spiro atoms. The third-order valence-electron chi connectivity index (χ3n) is 5.50.